The number of hydrogen-bond acceptors (Lipinski definition) is 3. The van der Waals surface area contributed by atoms with Crippen molar-refractivity contribution in [1.29, 1.82) is 0 Å². The first kappa shape index (κ1) is 14.8. The van der Waals surface area contributed by atoms with Crippen molar-refractivity contribution in [2.45, 2.75) is 38.4 Å². The van der Waals surface area contributed by atoms with Crippen LogP contribution in [0.15, 0.2) is 0 Å². The first-order valence-electron chi connectivity index (χ1n) is 5.17. The second-order valence-corrected chi connectivity index (χ2v) is 4.61. The van der Waals surface area contributed by atoms with E-state index in [2.05, 4.69) is 4.98 Å². The Bertz CT molecular complexity index is 431. The lowest BCUT2D eigenvalue weighted by Crippen LogP contribution is -2.37. The minimum absolute atomic E-state index is 1.05. The molecule has 0 radical (unpaired) electrons. The Labute approximate surface area is 101 Å². The van der Waals surface area contributed by atoms with Crippen LogP contribution in [0.2, 0.25) is 0 Å². The molecule has 0 aliphatic rings. The van der Waals surface area contributed by atoms with E-state index in [0.29, 0.717) is 0 Å². The molecule has 1 aromatic heterocycles. The van der Waals surface area contributed by atoms with Crippen molar-refractivity contribution in [2.24, 2.45) is 0 Å². The average Bonchev–Trinajstić information content (AvgIpc) is 2.19. The van der Waals surface area contributed by atoms with Crippen molar-refractivity contribution in [3.8, 4) is 0 Å². The van der Waals surface area contributed by atoms with E-state index in [1.54, 1.807) is 0 Å². The number of aromatic nitrogens is 1. The summed E-state index contributed by atoms with van der Waals surface area (Å²) >= 11 is 0. The van der Waals surface area contributed by atoms with Crippen LogP contribution in [0.25, 0.3) is 0 Å². The van der Waals surface area contributed by atoms with E-state index in [9.17, 15) is 27.8 Å². The fourth-order valence-corrected chi connectivity index (χ4v) is 1.96. The predicted octanol–water partition coefficient (Wildman–Crippen LogP) is 1.87. The van der Waals surface area contributed by atoms with Gasteiger partial charge in [-0.2, -0.15) is 13.8 Å². The fraction of sp³-hybridized carbons (Fsp3) is 0.545. The monoisotopic (exact) mass is 267 g/mol. The van der Waals surface area contributed by atoms with Crippen LogP contribution in [0.3, 0.4) is 0 Å². The van der Waals surface area contributed by atoms with Gasteiger partial charge in [-0.05, 0) is 20.8 Å². The van der Waals surface area contributed by atoms with E-state index in [1.807, 2.05) is 0 Å². The normalized spacial score (nSPS) is 15.6. The lowest BCUT2D eigenvalue weighted by atomic mass is 9.81. The van der Waals surface area contributed by atoms with Crippen molar-refractivity contribution in [3.05, 3.63) is 29.1 Å². The zero-order chi connectivity index (χ0) is 14.2. The largest absolute Gasteiger partial charge is 0.393 e. The third kappa shape index (κ3) is 2.62. The SMILES string of the molecule is CC(O)C(c1c(F)c(F)nc(F)c1F)C(C)(C)O. The van der Waals surface area contributed by atoms with Gasteiger partial charge in [-0.3, -0.25) is 0 Å². The number of halogens is 4. The van der Waals surface area contributed by atoms with Gasteiger partial charge in [0.15, 0.2) is 11.6 Å². The van der Waals surface area contributed by atoms with Gasteiger partial charge in [0, 0.05) is 11.5 Å². The average molecular weight is 267 g/mol. The zero-order valence-electron chi connectivity index (χ0n) is 10.0. The van der Waals surface area contributed by atoms with Gasteiger partial charge in [-0.25, -0.2) is 8.78 Å². The second-order valence-electron chi connectivity index (χ2n) is 4.61. The Morgan fingerprint density at radius 3 is 1.72 bits per heavy atom. The van der Waals surface area contributed by atoms with Crippen molar-refractivity contribution >= 4 is 0 Å². The van der Waals surface area contributed by atoms with Gasteiger partial charge < -0.3 is 10.2 Å². The molecule has 0 spiro atoms. The second kappa shape index (κ2) is 4.81. The summed E-state index contributed by atoms with van der Waals surface area (Å²) in [5.74, 6) is -8.62. The highest BCUT2D eigenvalue weighted by atomic mass is 19.2. The quantitative estimate of drug-likeness (QED) is 0.649. The number of hydrogen-bond donors (Lipinski definition) is 2. The third-order valence-corrected chi connectivity index (χ3v) is 2.59. The van der Waals surface area contributed by atoms with Crippen LogP contribution < -0.4 is 0 Å². The number of rotatable bonds is 3. The molecule has 0 amide bonds. The standard InChI is InChI=1S/C11H13F4NO2/c1-4(17)6(11(2,3)18)5-7(12)9(14)16-10(15)8(5)13/h4,6,17-18H,1-3H3. The van der Waals surface area contributed by atoms with Crippen molar-refractivity contribution in [3.63, 3.8) is 0 Å². The fourth-order valence-electron chi connectivity index (χ4n) is 1.96. The third-order valence-electron chi connectivity index (χ3n) is 2.59. The molecule has 0 bridgehead atoms. The molecule has 1 heterocycles. The molecular weight excluding hydrogens is 254 g/mol. The Hall–Kier alpha value is -1.21. The van der Waals surface area contributed by atoms with Crippen molar-refractivity contribution in [1.82, 2.24) is 4.98 Å². The first-order chi connectivity index (χ1) is 8.07. The van der Waals surface area contributed by atoms with Gasteiger partial charge in [0.1, 0.15) is 0 Å². The van der Waals surface area contributed by atoms with E-state index in [-0.39, 0.29) is 0 Å². The molecule has 0 aromatic carbocycles. The molecular formula is C11H13F4NO2. The molecule has 0 fully saturated rings. The first-order valence-corrected chi connectivity index (χ1v) is 5.17. The van der Waals surface area contributed by atoms with Crippen LogP contribution in [-0.4, -0.2) is 26.9 Å². The summed E-state index contributed by atoms with van der Waals surface area (Å²) in [6.07, 6.45) is -1.42. The smallest absolute Gasteiger partial charge is 0.252 e. The minimum atomic E-state index is -1.82. The Balaban J connectivity index is 3.56. The zero-order valence-corrected chi connectivity index (χ0v) is 10.0. The molecule has 102 valence electrons. The van der Waals surface area contributed by atoms with Gasteiger partial charge in [0.25, 0.3) is 11.9 Å². The molecule has 2 N–H and O–H groups in total. The summed E-state index contributed by atoms with van der Waals surface area (Å²) in [6, 6.07) is 0. The lowest BCUT2D eigenvalue weighted by molar-refractivity contribution is -0.00518. The highest BCUT2D eigenvalue weighted by Crippen LogP contribution is 2.35. The summed E-state index contributed by atoms with van der Waals surface area (Å²) in [4.78, 5) is 2.41. The number of nitrogens with zero attached hydrogens (tertiary/aromatic N) is 1. The number of aliphatic hydroxyl groups is 2. The van der Waals surface area contributed by atoms with Crippen molar-refractivity contribution in [2.75, 3.05) is 0 Å². The van der Waals surface area contributed by atoms with Gasteiger partial charge in [0.2, 0.25) is 0 Å². The van der Waals surface area contributed by atoms with E-state index in [1.165, 1.54) is 13.8 Å². The molecule has 7 heteroatoms. The van der Waals surface area contributed by atoms with Gasteiger partial charge in [-0.1, -0.05) is 0 Å². The molecule has 0 aliphatic heterocycles. The Kier molecular flexibility index (Phi) is 3.97. The molecule has 2 unspecified atom stereocenters. The molecule has 18 heavy (non-hydrogen) atoms. The molecule has 3 nitrogen and oxygen atoms in total. The van der Waals surface area contributed by atoms with E-state index in [4.69, 9.17) is 0 Å². The van der Waals surface area contributed by atoms with Crippen LogP contribution >= 0.6 is 0 Å². The van der Waals surface area contributed by atoms with Gasteiger partial charge >= 0.3 is 0 Å². The van der Waals surface area contributed by atoms with Gasteiger partial charge in [-0.15, -0.1) is 0 Å². The van der Waals surface area contributed by atoms with Crippen LogP contribution in [0, 0.1) is 23.5 Å². The highest BCUT2D eigenvalue weighted by Gasteiger charge is 2.39. The van der Waals surface area contributed by atoms with Crippen LogP contribution in [0.5, 0.6) is 0 Å². The molecule has 2 atom stereocenters. The Morgan fingerprint density at radius 1 is 1.06 bits per heavy atom. The van der Waals surface area contributed by atoms with E-state index < -0.39 is 46.7 Å². The maximum Gasteiger partial charge on any atom is 0.252 e. The summed E-state index contributed by atoms with van der Waals surface area (Å²) in [7, 11) is 0. The summed E-state index contributed by atoms with van der Waals surface area (Å²) in [5.41, 5.74) is -2.83. The summed E-state index contributed by atoms with van der Waals surface area (Å²) in [6.45, 7) is 3.48. The van der Waals surface area contributed by atoms with Gasteiger partial charge in [0.05, 0.1) is 11.7 Å². The highest BCUT2D eigenvalue weighted by molar-refractivity contribution is 5.26. The van der Waals surface area contributed by atoms with E-state index >= 15 is 0 Å². The summed E-state index contributed by atoms with van der Waals surface area (Å²) in [5, 5.41) is 19.2. The maximum atomic E-state index is 13.5. The summed E-state index contributed by atoms with van der Waals surface area (Å²) < 4.78 is 53.0. The minimum Gasteiger partial charge on any atom is -0.393 e. The Morgan fingerprint density at radius 2 is 1.44 bits per heavy atom. The van der Waals surface area contributed by atoms with Crippen LogP contribution in [0.1, 0.15) is 32.3 Å². The molecule has 0 saturated carbocycles. The van der Waals surface area contributed by atoms with E-state index in [0.717, 1.165) is 6.92 Å². The maximum absolute atomic E-state index is 13.5. The van der Waals surface area contributed by atoms with Crippen molar-refractivity contribution < 1.29 is 27.8 Å². The van der Waals surface area contributed by atoms with Crippen LogP contribution in [0.4, 0.5) is 17.6 Å². The molecule has 0 saturated heterocycles. The molecule has 1 aromatic rings. The number of aliphatic hydroxyl groups excluding tert-OH is 1. The topological polar surface area (TPSA) is 53.4 Å². The molecule has 1 rings (SSSR count). The lowest BCUT2D eigenvalue weighted by Gasteiger charge is -2.32. The number of pyridine rings is 1. The predicted molar refractivity (Wildman–Crippen MR) is 54.8 cm³/mol. The van der Waals surface area contributed by atoms with Crippen LogP contribution in [-0.2, 0) is 0 Å². The molecule has 0 aliphatic carbocycles.